The number of nitrogens with one attached hydrogen (secondary N) is 1. The maximum atomic E-state index is 13.3. The largest absolute Gasteiger partial charge is 0.454 e. The molecule has 34 heavy (non-hydrogen) atoms. The second-order valence-corrected chi connectivity index (χ2v) is 10.0. The number of esters is 1. The molecule has 172 valence electrons. The number of carbonyl (C=O) groups excluding carboxylic acids is 2. The summed E-state index contributed by atoms with van der Waals surface area (Å²) in [6.07, 6.45) is 0.631. The molecule has 0 saturated carbocycles. The minimum Gasteiger partial charge on any atom is -0.454 e. The summed E-state index contributed by atoms with van der Waals surface area (Å²) < 4.78 is 33.2. The van der Waals surface area contributed by atoms with E-state index in [-0.39, 0.29) is 16.2 Å². The van der Waals surface area contributed by atoms with Gasteiger partial charge in [0.15, 0.2) is 6.61 Å². The van der Waals surface area contributed by atoms with Crippen molar-refractivity contribution in [2.24, 2.45) is 0 Å². The number of ether oxygens (including phenoxy) is 1. The van der Waals surface area contributed by atoms with E-state index in [2.05, 4.69) is 4.98 Å². The number of Topliss-reactive ketones (excluding diaryl/α,β-unsaturated/α-hetero) is 1. The predicted molar refractivity (Wildman–Crippen MR) is 129 cm³/mol. The summed E-state index contributed by atoms with van der Waals surface area (Å²) in [5.74, 6) is -1.09. The Morgan fingerprint density at radius 3 is 2.62 bits per heavy atom. The van der Waals surface area contributed by atoms with Gasteiger partial charge in [-0.15, -0.1) is 0 Å². The van der Waals surface area contributed by atoms with Crippen molar-refractivity contribution in [3.63, 3.8) is 0 Å². The Bertz CT molecular complexity index is 1540. The molecule has 0 unspecified atom stereocenters. The van der Waals surface area contributed by atoms with Crippen molar-refractivity contribution < 1.29 is 22.7 Å². The van der Waals surface area contributed by atoms with Crippen molar-refractivity contribution >= 4 is 38.4 Å². The molecule has 0 fully saturated rings. The molecule has 1 aliphatic rings. The summed E-state index contributed by atoms with van der Waals surface area (Å²) in [6.45, 7) is 1.69. The molecule has 1 N–H and O–H groups in total. The highest BCUT2D eigenvalue weighted by Gasteiger charge is 2.31. The number of nitrogens with zero attached hydrogens (tertiary/aromatic N) is 1. The van der Waals surface area contributed by atoms with Gasteiger partial charge in [0.2, 0.25) is 5.78 Å². The molecular formula is C26H22N2O5S. The lowest BCUT2D eigenvalue weighted by molar-refractivity contribution is 0.0474. The molecule has 7 nitrogen and oxygen atoms in total. The van der Waals surface area contributed by atoms with Crippen LogP contribution in [-0.4, -0.2) is 38.3 Å². The van der Waals surface area contributed by atoms with Gasteiger partial charge in [0.1, 0.15) is 0 Å². The average molecular weight is 475 g/mol. The summed E-state index contributed by atoms with van der Waals surface area (Å²) in [5, 5.41) is 0.764. The van der Waals surface area contributed by atoms with Gasteiger partial charge < -0.3 is 9.72 Å². The van der Waals surface area contributed by atoms with Crippen LogP contribution in [-0.2, 0) is 21.2 Å². The molecule has 0 aliphatic carbocycles. The summed E-state index contributed by atoms with van der Waals surface area (Å²) in [7, 11) is -3.85. The number of fused-ring (bicyclic) bond motifs is 2. The third-order valence-electron chi connectivity index (χ3n) is 6.01. The Hall–Kier alpha value is -3.91. The Morgan fingerprint density at radius 2 is 1.76 bits per heavy atom. The quantitative estimate of drug-likeness (QED) is 0.333. The van der Waals surface area contributed by atoms with Crippen molar-refractivity contribution in [2.45, 2.75) is 18.2 Å². The van der Waals surface area contributed by atoms with E-state index in [1.807, 2.05) is 36.4 Å². The fourth-order valence-corrected chi connectivity index (χ4v) is 5.94. The standard InChI is InChI=1S/C26H22N2O5S/c1-17-25(21-10-3-4-11-22(21)27-17)24(29)16-33-26(30)19-8-6-9-20(15-19)34(31,32)28-14-13-18-7-2-5-12-23(18)28/h2-12,15,27H,13-14,16H2,1H3. The van der Waals surface area contributed by atoms with Crippen LogP contribution < -0.4 is 4.31 Å². The topological polar surface area (TPSA) is 96.5 Å². The monoisotopic (exact) mass is 474 g/mol. The zero-order valence-corrected chi connectivity index (χ0v) is 19.3. The molecule has 4 aromatic rings. The second kappa shape index (κ2) is 8.46. The number of hydrogen-bond donors (Lipinski definition) is 1. The van der Waals surface area contributed by atoms with Crippen LogP contribution >= 0.6 is 0 Å². The third-order valence-corrected chi connectivity index (χ3v) is 7.82. The maximum absolute atomic E-state index is 13.3. The van der Waals surface area contributed by atoms with Crippen LogP contribution in [0.4, 0.5) is 5.69 Å². The van der Waals surface area contributed by atoms with Gasteiger partial charge in [-0.05, 0) is 49.2 Å². The van der Waals surface area contributed by atoms with E-state index in [1.54, 1.807) is 19.1 Å². The second-order valence-electron chi connectivity index (χ2n) is 8.15. The molecule has 0 spiro atoms. The number of aromatic nitrogens is 1. The Morgan fingerprint density at radius 1 is 1.00 bits per heavy atom. The Labute approximate surface area is 197 Å². The molecular weight excluding hydrogens is 452 g/mol. The van der Waals surface area contributed by atoms with E-state index in [9.17, 15) is 18.0 Å². The van der Waals surface area contributed by atoms with E-state index in [0.29, 0.717) is 29.9 Å². The van der Waals surface area contributed by atoms with Gasteiger partial charge in [0.25, 0.3) is 10.0 Å². The number of para-hydroxylation sites is 2. The summed E-state index contributed by atoms with van der Waals surface area (Å²) >= 11 is 0. The first-order valence-corrected chi connectivity index (χ1v) is 12.3. The predicted octanol–water partition coefficient (Wildman–Crippen LogP) is 4.27. The first-order chi connectivity index (χ1) is 16.4. The fraction of sp³-hybridized carbons (Fsp3) is 0.154. The first-order valence-electron chi connectivity index (χ1n) is 10.8. The smallest absolute Gasteiger partial charge is 0.338 e. The van der Waals surface area contributed by atoms with Gasteiger partial charge in [-0.25, -0.2) is 13.2 Å². The van der Waals surface area contributed by atoms with Crippen molar-refractivity contribution in [1.82, 2.24) is 4.98 Å². The first kappa shape index (κ1) is 21.9. The van der Waals surface area contributed by atoms with Crippen LogP contribution in [0, 0.1) is 6.92 Å². The molecule has 3 aromatic carbocycles. The number of sulfonamides is 1. The van der Waals surface area contributed by atoms with E-state index in [1.165, 1.54) is 28.6 Å². The van der Waals surface area contributed by atoms with Gasteiger partial charge in [0.05, 0.1) is 16.1 Å². The van der Waals surface area contributed by atoms with Gasteiger partial charge in [-0.1, -0.05) is 42.5 Å². The number of benzene rings is 3. The lowest BCUT2D eigenvalue weighted by Gasteiger charge is -2.19. The average Bonchev–Trinajstić information content (AvgIpc) is 3.43. The maximum Gasteiger partial charge on any atom is 0.338 e. The van der Waals surface area contributed by atoms with Crippen molar-refractivity contribution in [1.29, 1.82) is 0 Å². The highest BCUT2D eigenvalue weighted by molar-refractivity contribution is 7.92. The molecule has 1 aromatic heterocycles. The number of aryl methyl sites for hydroxylation is 1. The number of rotatable bonds is 6. The van der Waals surface area contributed by atoms with E-state index >= 15 is 0 Å². The molecule has 0 bridgehead atoms. The molecule has 0 saturated heterocycles. The van der Waals surface area contributed by atoms with Crippen molar-refractivity contribution in [3.05, 3.63) is 95.2 Å². The van der Waals surface area contributed by atoms with Crippen LogP contribution in [0.2, 0.25) is 0 Å². The normalized spacial score (nSPS) is 13.1. The van der Waals surface area contributed by atoms with Crippen LogP contribution in [0.15, 0.2) is 77.7 Å². The molecule has 0 radical (unpaired) electrons. The number of hydrogen-bond acceptors (Lipinski definition) is 5. The fourth-order valence-electron chi connectivity index (χ4n) is 4.39. The molecule has 2 heterocycles. The number of aromatic amines is 1. The molecule has 8 heteroatoms. The van der Waals surface area contributed by atoms with Crippen molar-refractivity contribution in [2.75, 3.05) is 17.5 Å². The van der Waals surface area contributed by atoms with E-state index < -0.39 is 22.6 Å². The third kappa shape index (κ3) is 3.76. The highest BCUT2D eigenvalue weighted by atomic mass is 32.2. The van der Waals surface area contributed by atoms with Gasteiger partial charge in [0, 0.05) is 28.7 Å². The van der Waals surface area contributed by atoms with Gasteiger partial charge in [-0.2, -0.15) is 0 Å². The molecule has 5 rings (SSSR count). The number of ketones is 1. The Balaban J connectivity index is 1.34. The zero-order valence-electron chi connectivity index (χ0n) is 18.4. The minimum absolute atomic E-state index is 0.00236. The van der Waals surface area contributed by atoms with Crippen LogP contribution in [0.5, 0.6) is 0 Å². The minimum atomic E-state index is -3.85. The van der Waals surface area contributed by atoms with Crippen LogP contribution in [0.3, 0.4) is 0 Å². The zero-order chi connectivity index (χ0) is 23.9. The highest BCUT2D eigenvalue weighted by Crippen LogP contribution is 2.32. The molecule has 1 aliphatic heterocycles. The molecule has 0 amide bonds. The molecule has 0 atom stereocenters. The van der Waals surface area contributed by atoms with Crippen molar-refractivity contribution in [3.8, 4) is 0 Å². The SMILES string of the molecule is Cc1[nH]c2ccccc2c1C(=O)COC(=O)c1cccc(S(=O)(=O)N2CCc3ccccc32)c1. The lowest BCUT2D eigenvalue weighted by Crippen LogP contribution is -2.29. The number of H-pyrrole nitrogens is 1. The van der Waals surface area contributed by atoms with Gasteiger partial charge >= 0.3 is 5.97 Å². The summed E-state index contributed by atoms with van der Waals surface area (Å²) in [6, 6.07) is 20.5. The van der Waals surface area contributed by atoms with E-state index in [0.717, 1.165) is 16.5 Å². The number of carbonyl (C=O) groups is 2. The summed E-state index contributed by atoms with van der Waals surface area (Å²) in [4.78, 5) is 28.6. The van der Waals surface area contributed by atoms with E-state index in [4.69, 9.17) is 4.74 Å². The van der Waals surface area contributed by atoms with Crippen LogP contribution in [0.1, 0.15) is 32.0 Å². The van der Waals surface area contributed by atoms with Crippen LogP contribution in [0.25, 0.3) is 10.9 Å². The Kier molecular flexibility index (Phi) is 5.45. The number of anilines is 1. The lowest BCUT2D eigenvalue weighted by atomic mass is 10.1. The summed E-state index contributed by atoms with van der Waals surface area (Å²) in [5.41, 5.74) is 3.68. The van der Waals surface area contributed by atoms with Gasteiger partial charge in [-0.3, -0.25) is 9.10 Å².